The third-order valence-corrected chi connectivity index (χ3v) is 11.0. The average Bonchev–Trinajstić information content (AvgIpc) is 3.25. The number of carbonyl (C=O) groups excluding carboxylic acids is 8. The highest BCUT2D eigenvalue weighted by Crippen LogP contribution is 2.15. The lowest BCUT2D eigenvalue weighted by Crippen LogP contribution is -2.61. The Bertz CT molecular complexity index is 2020. The van der Waals surface area contributed by atoms with Gasteiger partial charge in [0.05, 0.1) is 0 Å². The molecular weight excluding hydrogens is 897 g/mol. The van der Waals surface area contributed by atoms with E-state index in [0.29, 0.717) is 38.5 Å². The Morgan fingerprint density at radius 2 is 0.986 bits per heavy atom. The summed E-state index contributed by atoms with van der Waals surface area (Å²) in [7, 11) is 0. The minimum absolute atomic E-state index is 0.0533. The molecule has 3 rings (SSSR count). The molecule has 0 aliphatic carbocycles. The highest BCUT2D eigenvalue weighted by molar-refractivity contribution is 5.97. The number of hydrogen-bond donors (Lipinski definition) is 8. The summed E-state index contributed by atoms with van der Waals surface area (Å²) in [5.74, 6) is -2.67. The lowest BCUT2D eigenvalue weighted by molar-refractivity contribution is -0.137. The fourth-order valence-electron chi connectivity index (χ4n) is 7.66. The zero-order valence-corrected chi connectivity index (χ0v) is 43.0. The van der Waals surface area contributed by atoms with Gasteiger partial charge in [0.25, 0.3) is 0 Å². The molecule has 0 radical (unpaired) electrons. The predicted molar refractivity (Wildman–Crippen MR) is 267 cm³/mol. The van der Waals surface area contributed by atoms with Crippen LogP contribution in [0.5, 0.6) is 0 Å². The summed E-state index contributed by atoms with van der Waals surface area (Å²) in [5.41, 5.74) is -0.0312. The van der Waals surface area contributed by atoms with Crippen LogP contribution >= 0.6 is 0 Å². The van der Waals surface area contributed by atoms with Crippen molar-refractivity contribution in [2.45, 2.75) is 181 Å². The van der Waals surface area contributed by atoms with Gasteiger partial charge in [0.1, 0.15) is 47.5 Å². The Balaban J connectivity index is 1.78. The van der Waals surface area contributed by atoms with Crippen LogP contribution in [0.25, 0.3) is 0 Å². The van der Waals surface area contributed by atoms with Crippen molar-refractivity contribution in [3.05, 3.63) is 71.8 Å². The number of nitrogens with one attached hydrogen (secondary N) is 8. The number of carbonyl (C=O) groups is 8. The smallest absolute Gasteiger partial charge is 0.408 e. The molecule has 388 valence electrons. The summed E-state index contributed by atoms with van der Waals surface area (Å²) in [5, 5.41) is 22.5. The standard InChI is InChI=1S/C52H80N8O10/c1-33(2)29-39-46(64)56-38(44(62)57-39)26-17-19-27-53-43(61)37(25-18-20-28-54-49(67)69-51(5,6)7)55-45(63)40(30-34(3)4)58-47(65)41(31-35-21-13-11-14-22-35)59-48(66)42(32-36-23-15-12-16-24-36)60-50(68)70-52(8,9)10/h11-16,21-24,33-34,37-42H,17-20,25-32H2,1-10H3,(H,53,61)(H,54,67)(H,55,63)(H,56,64)(H,57,62)(H,58,65)(H,59,66)(H,60,68)/t37-,38-,39+,40-,41-,42-/m1/s1. The van der Waals surface area contributed by atoms with E-state index < -0.39 is 83.3 Å². The number of benzene rings is 2. The molecule has 0 bridgehead atoms. The molecule has 2 aromatic carbocycles. The van der Waals surface area contributed by atoms with Gasteiger partial charge in [-0.25, -0.2) is 9.59 Å². The lowest BCUT2D eigenvalue weighted by Gasteiger charge is -2.30. The Labute approximate surface area is 414 Å². The molecule has 6 atom stereocenters. The molecular formula is C52H80N8O10. The van der Waals surface area contributed by atoms with Gasteiger partial charge in [0, 0.05) is 25.9 Å². The first-order valence-electron chi connectivity index (χ1n) is 24.7. The predicted octanol–water partition coefficient (Wildman–Crippen LogP) is 4.88. The molecule has 2 aromatic rings. The van der Waals surface area contributed by atoms with Crippen molar-refractivity contribution in [2.24, 2.45) is 11.8 Å². The molecule has 0 unspecified atom stereocenters. The van der Waals surface area contributed by atoms with Crippen molar-refractivity contribution in [3.8, 4) is 0 Å². The third-order valence-electron chi connectivity index (χ3n) is 11.0. The number of amides is 8. The van der Waals surface area contributed by atoms with Crippen molar-refractivity contribution < 1.29 is 47.8 Å². The molecule has 1 aliphatic heterocycles. The van der Waals surface area contributed by atoms with Crippen LogP contribution in [-0.4, -0.2) is 108 Å². The number of unbranched alkanes of at least 4 members (excludes halogenated alkanes) is 2. The highest BCUT2D eigenvalue weighted by atomic mass is 16.6. The van der Waals surface area contributed by atoms with E-state index in [-0.39, 0.29) is 62.4 Å². The lowest BCUT2D eigenvalue weighted by atomic mass is 9.98. The van der Waals surface area contributed by atoms with E-state index >= 15 is 0 Å². The van der Waals surface area contributed by atoms with Gasteiger partial charge < -0.3 is 52.0 Å². The highest BCUT2D eigenvalue weighted by Gasteiger charge is 2.35. The van der Waals surface area contributed by atoms with Gasteiger partial charge in [-0.15, -0.1) is 0 Å². The van der Waals surface area contributed by atoms with Gasteiger partial charge in [0.2, 0.25) is 35.4 Å². The molecule has 8 amide bonds. The third kappa shape index (κ3) is 22.9. The van der Waals surface area contributed by atoms with Gasteiger partial charge >= 0.3 is 12.2 Å². The van der Waals surface area contributed by atoms with E-state index in [1.165, 1.54) is 0 Å². The first-order chi connectivity index (χ1) is 32.9. The molecule has 1 fully saturated rings. The fourth-order valence-corrected chi connectivity index (χ4v) is 7.66. The molecule has 1 heterocycles. The van der Waals surface area contributed by atoms with Gasteiger partial charge in [-0.1, -0.05) is 88.4 Å². The molecule has 0 spiro atoms. The monoisotopic (exact) mass is 977 g/mol. The molecule has 1 aliphatic rings. The van der Waals surface area contributed by atoms with Gasteiger partial charge in [0.15, 0.2) is 0 Å². The van der Waals surface area contributed by atoms with Gasteiger partial charge in [-0.05, 0) is 116 Å². The molecule has 70 heavy (non-hydrogen) atoms. The topological polar surface area (TPSA) is 251 Å². The van der Waals surface area contributed by atoms with Crippen LogP contribution in [0.4, 0.5) is 9.59 Å². The average molecular weight is 977 g/mol. The van der Waals surface area contributed by atoms with Crippen molar-refractivity contribution >= 4 is 47.6 Å². The summed E-state index contributed by atoms with van der Waals surface area (Å²) in [4.78, 5) is 107. The van der Waals surface area contributed by atoms with Crippen molar-refractivity contribution in [2.75, 3.05) is 13.1 Å². The van der Waals surface area contributed by atoms with Crippen molar-refractivity contribution in [1.29, 1.82) is 0 Å². The van der Waals surface area contributed by atoms with Crippen LogP contribution in [0.3, 0.4) is 0 Å². The van der Waals surface area contributed by atoms with E-state index in [1.807, 2.05) is 76.2 Å². The summed E-state index contributed by atoms with van der Waals surface area (Å²) < 4.78 is 10.8. The number of alkyl carbamates (subject to hydrolysis) is 2. The quantitative estimate of drug-likeness (QED) is 0.0594. The Hall–Kier alpha value is -6.20. The SMILES string of the molecule is CC(C)C[C@@H]1NC(=O)[C@@H](CCCCNC(=O)[C@@H](CCCCNC(=O)OC(C)(C)C)NC(=O)[C@@H](CC(C)C)NC(=O)[C@@H](Cc2ccccc2)NC(=O)[C@@H](Cc2ccccc2)NC(=O)OC(C)(C)C)NC1=O. The first-order valence-corrected chi connectivity index (χ1v) is 24.7. The maximum absolute atomic E-state index is 14.4. The zero-order valence-electron chi connectivity index (χ0n) is 43.0. The maximum atomic E-state index is 14.4. The minimum Gasteiger partial charge on any atom is -0.444 e. The fraction of sp³-hybridized carbons (Fsp3) is 0.615. The summed E-state index contributed by atoms with van der Waals surface area (Å²) in [6.07, 6.45) is 1.98. The molecule has 18 heteroatoms. The molecule has 0 aromatic heterocycles. The van der Waals surface area contributed by atoms with Gasteiger partial charge in [-0.2, -0.15) is 0 Å². The second-order valence-corrected chi connectivity index (χ2v) is 20.9. The molecule has 1 saturated heterocycles. The van der Waals surface area contributed by atoms with Crippen molar-refractivity contribution in [3.63, 3.8) is 0 Å². The van der Waals surface area contributed by atoms with E-state index in [2.05, 4.69) is 42.5 Å². The minimum atomic E-state index is -1.19. The normalized spacial score (nSPS) is 16.6. The van der Waals surface area contributed by atoms with E-state index in [1.54, 1.807) is 53.7 Å². The number of ether oxygens (including phenoxy) is 2. The maximum Gasteiger partial charge on any atom is 0.408 e. The van der Waals surface area contributed by atoms with Crippen LogP contribution in [0, 0.1) is 11.8 Å². The molecule has 0 saturated carbocycles. The Morgan fingerprint density at radius 1 is 0.529 bits per heavy atom. The van der Waals surface area contributed by atoms with Crippen LogP contribution in [0.2, 0.25) is 0 Å². The van der Waals surface area contributed by atoms with Crippen LogP contribution in [-0.2, 0) is 51.1 Å². The second-order valence-electron chi connectivity index (χ2n) is 20.9. The van der Waals surface area contributed by atoms with Gasteiger partial charge in [-0.3, -0.25) is 28.8 Å². The zero-order chi connectivity index (χ0) is 52.0. The first kappa shape index (κ1) is 58.1. The number of rotatable bonds is 26. The van der Waals surface area contributed by atoms with Crippen LogP contribution in [0.15, 0.2) is 60.7 Å². The van der Waals surface area contributed by atoms with E-state index in [9.17, 15) is 38.4 Å². The summed E-state index contributed by atoms with van der Waals surface area (Å²) in [6, 6.07) is 12.4. The van der Waals surface area contributed by atoms with E-state index in [0.717, 1.165) is 11.1 Å². The van der Waals surface area contributed by atoms with Crippen molar-refractivity contribution in [1.82, 2.24) is 42.5 Å². The number of piperazine rings is 1. The summed E-state index contributed by atoms with van der Waals surface area (Å²) >= 11 is 0. The Morgan fingerprint density at radius 3 is 1.53 bits per heavy atom. The summed E-state index contributed by atoms with van der Waals surface area (Å²) in [6.45, 7) is 18.6. The number of hydrogen-bond acceptors (Lipinski definition) is 10. The van der Waals surface area contributed by atoms with E-state index in [4.69, 9.17) is 9.47 Å². The second kappa shape index (κ2) is 28.5. The Kier molecular flexibility index (Phi) is 23.6. The molecule has 18 nitrogen and oxygen atoms in total. The largest absolute Gasteiger partial charge is 0.444 e. The molecule has 8 N–H and O–H groups in total. The van der Waals surface area contributed by atoms with Crippen LogP contribution in [0.1, 0.15) is 132 Å². The van der Waals surface area contributed by atoms with Crippen LogP contribution < -0.4 is 42.5 Å².